The van der Waals surface area contributed by atoms with Crippen molar-refractivity contribution in [2.75, 3.05) is 0 Å². The van der Waals surface area contributed by atoms with Crippen LogP contribution in [-0.4, -0.2) is 19.5 Å². The van der Waals surface area contributed by atoms with Gasteiger partial charge < -0.3 is 8.98 Å². The van der Waals surface area contributed by atoms with Gasteiger partial charge in [-0.1, -0.05) is 111 Å². The standard InChI is InChI=1S/C48H32N4O/c1-48(2)38-22-8-6-19-35(38)43-42(48)44(51-47(50-43)30-14-10-13-29(27-30)31-15-12-26-49-28-31)37-21-11-20-36-41-40(53-46(36)37)25-24-34-33-18-7-9-23-39(33)52(45(34)41)32-16-4-3-5-17-32/h3-28H,1-2H3. The van der Waals surface area contributed by atoms with E-state index in [0.29, 0.717) is 5.82 Å². The average molecular weight is 681 g/mol. The molecule has 5 heteroatoms. The molecule has 53 heavy (non-hydrogen) atoms. The molecule has 6 aromatic carbocycles. The fraction of sp³-hybridized carbons (Fsp3) is 0.0625. The maximum atomic E-state index is 6.98. The van der Waals surface area contributed by atoms with Gasteiger partial charge in [0.05, 0.1) is 27.8 Å². The van der Waals surface area contributed by atoms with Gasteiger partial charge in [-0.2, -0.15) is 0 Å². The van der Waals surface area contributed by atoms with Crippen molar-refractivity contribution in [1.82, 2.24) is 19.5 Å². The molecule has 11 rings (SSSR count). The summed E-state index contributed by atoms with van der Waals surface area (Å²) in [4.78, 5) is 15.2. The fourth-order valence-corrected chi connectivity index (χ4v) is 8.68. The van der Waals surface area contributed by atoms with E-state index in [0.717, 1.165) is 83.4 Å². The lowest BCUT2D eigenvalue weighted by molar-refractivity contribution is 0.655. The molecule has 0 N–H and O–H groups in total. The number of rotatable bonds is 4. The van der Waals surface area contributed by atoms with Gasteiger partial charge in [-0.15, -0.1) is 0 Å². The van der Waals surface area contributed by atoms with Gasteiger partial charge in [-0.3, -0.25) is 4.98 Å². The van der Waals surface area contributed by atoms with Crippen molar-refractivity contribution >= 4 is 43.7 Å². The van der Waals surface area contributed by atoms with Crippen molar-refractivity contribution in [3.05, 3.63) is 169 Å². The molecule has 0 aliphatic heterocycles. The molecule has 250 valence electrons. The van der Waals surface area contributed by atoms with E-state index in [1.165, 1.54) is 16.3 Å². The lowest BCUT2D eigenvalue weighted by atomic mass is 9.80. The smallest absolute Gasteiger partial charge is 0.160 e. The van der Waals surface area contributed by atoms with E-state index in [2.05, 4.69) is 163 Å². The van der Waals surface area contributed by atoms with Crippen LogP contribution < -0.4 is 0 Å². The SMILES string of the molecule is CC1(C)c2ccccc2-c2nc(-c3cccc(-c4cccnc4)c3)nc(-c3cccc4c3oc3ccc5c6ccccc6n(-c6ccccc6)c5c34)c21. The zero-order valence-corrected chi connectivity index (χ0v) is 29.2. The van der Waals surface area contributed by atoms with Crippen LogP contribution in [0.3, 0.4) is 0 Å². The molecule has 0 fully saturated rings. The van der Waals surface area contributed by atoms with E-state index in [1.807, 2.05) is 12.3 Å². The van der Waals surface area contributed by atoms with E-state index < -0.39 is 0 Å². The number of fused-ring (bicyclic) bond motifs is 10. The minimum Gasteiger partial charge on any atom is -0.455 e. The summed E-state index contributed by atoms with van der Waals surface area (Å²) >= 11 is 0. The highest BCUT2D eigenvalue weighted by molar-refractivity contribution is 6.25. The third-order valence-corrected chi connectivity index (χ3v) is 11.1. The summed E-state index contributed by atoms with van der Waals surface area (Å²) in [6, 6.07) is 51.2. The first-order valence-electron chi connectivity index (χ1n) is 18.0. The molecule has 1 aliphatic rings. The van der Waals surface area contributed by atoms with Crippen LogP contribution in [0.2, 0.25) is 0 Å². The summed E-state index contributed by atoms with van der Waals surface area (Å²) in [6.07, 6.45) is 3.69. The highest BCUT2D eigenvalue weighted by Crippen LogP contribution is 2.53. The van der Waals surface area contributed by atoms with E-state index in [9.17, 15) is 0 Å². The normalized spacial score (nSPS) is 13.2. The zero-order valence-electron chi connectivity index (χ0n) is 29.2. The summed E-state index contributed by atoms with van der Waals surface area (Å²) in [5.41, 5.74) is 14.1. The number of hydrogen-bond acceptors (Lipinski definition) is 4. The second kappa shape index (κ2) is 11.1. The largest absolute Gasteiger partial charge is 0.455 e. The molecule has 0 saturated heterocycles. The topological polar surface area (TPSA) is 56.7 Å². The Labute approximate surface area is 305 Å². The van der Waals surface area contributed by atoms with Crippen LogP contribution >= 0.6 is 0 Å². The highest BCUT2D eigenvalue weighted by atomic mass is 16.3. The van der Waals surface area contributed by atoms with Crippen LogP contribution in [0.5, 0.6) is 0 Å². The monoisotopic (exact) mass is 680 g/mol. The molecule has 0 bridgehead atoms. The number of aromatic nitrogens is 4. The first-order valence-corrected chi connectivity index (χ1v) is 18.0. The van der Waals surface area contributed by atoms with Gasteiger partial charge >= 0.3 is 0 Å². The molecule has 0 saturated carbocycles. The van der Waals surface area contributed by atoms with E-state index in [1.54, 1.807) is 6.20 Å². The van der Waals surface area contributed by atoms with Crippen molar-refractivity contribution < 1.29 is 4.42 Å². The average Bonchev–Trinajstić information content (AvgIpc) is 3.84. The Hall–Kier alpha value is -6.85. The second-order valence-electron chi connectivity index (χ2n) is 14.4. The Kier molecular flexibility index (Phi) is 6.23. The molecular weight excluding hydrogens is 649 g/mol. The Morgan fingerprint density at radius 2 is 1.30 bits per heavy atom. The maximum absolute atomic E-state index is 6.98. The molecule has 0 radical (unpaired) electrons. The van der Waals surface area contributed by atoms with E-state index in [-0.39, 0.29) is 5.41 Å². The van der Waals surface area contributed by atoms with Crippen LogP contribution in [0.1, 0.15) is 25.0 Å². The molecular formula is C48H32N4O. The van der Waals surface area contributed by atoms with Crippen molar-refractivity contribution in [2.45, 2.75) is 19.3 Å². The Bertz CT molecular complexity index is 3080. The fourth-order valence-electron chi connectivity index (χ4n) is 8.68. The van der Waals surface area contributed by atoms with Gasteiger partial charge in [0.1, 0.15) is 11.2 Å². The second-order valence-corrected chi connectivity index (χ2v) is 14.4. The van der Waals surface area contributed by atoms with Crippen molar-refractivity contribution in [2.24, 2.45) is 0 Å². The molecule has 4 heterocycles. The predicted molar refractivity (Wildman–Crippen MR) is 215 cm³/mol. The molecule has 0 spiro atoms. The summed E-state index contributed by atoms with van der Waals surface area (Å²) in [5, 5.41) is 4.56. The minimum absolute atomic E-state index is 0.335. The van der Waals surface area contributed by atoms with Crippen LogP contribution in [0.25, 0.3) is 94.5 Å². The van der Waals surface area contributed by atoms with Crippen molar-refractivity contribution in [1.29, 1.82) is 0 Å². The summed E-state index contributed by atoms with van der Waals surface area (Å²) < 4.78 is 9.36. The Morgan fingerprint density at radius 1 is 0.585 bits per heavy atom. The van der Waals surface area contributed by atoms with Gasteiger partial charge in [0.2, 0.25) is 0 Å². The van der Waals surface area contributed by atoms with Gasteiger partial charge in [-0.25, -0.2) is 9.97 Å². The Balaban J connectivity index is 1.22. The van der Waals surface area contributed by atoms with Crippen LogP contribution in [0, 0.1) is 0 Å². The lowest BCUT2D eigenvalue weighted by Gasteiger charge is -2.23. The summed E-state index contributed by atoms with van der Waals surface area (Å²) in [5.74, 6) is 0.678. The summed E-state index contributed by atoms with van der Waals surface area (Å²) in [7, 11) is 0. The Morgan fingerprint density at radius 3 is 2.17 bits per heavy atom. The minimum atomic E-state index is -0.335. The van der Waals surface area contributed by atoms with Gasteiger partial charge in [-0.05, 0) is 59.7 Å². The quantitative estimate of drug-likeness (QED) is 0.186. The molecule has 10 aromatic rings. The zero-order chi connectivity index (χ0) is 35.3. The van der Waals surface area contributed by atoms with Gasteiger partial charge in [0.25, 0.3) is 0 Å². The molecule has 0 atom stereocenters. The van der Waals surface area contributed by atoms with Crippen molar-refractivity contribution in [3.63, 3.8) is 0 Å². The summed E-state index contributed by atoms with van der Waals surface area (Å²) in [6.45, 7) is 4.57. The molecule has 5 nitrogen and oxygen atoms in total. The number of hydrogen-bond donors (Lipinski definition) is 0. The number of para-hydroxylation sites is 3. The van der Waals surface area contributed by atoms with E-state index >= 15 is 0 Å². The lowest BCUT2D eigenvalue weighted by Crippen LogP contribution is -2.17. The van der Waals surface area contributed by atoms with Gasteiger partial charge in [0, 0.05) is 67.5 Å². The maximum Gasteiger partial charge on any atom is 0.160 e. The number of nitrogens with zero attached hydrogens (tertiary/aromatic N) is 4. The predicted octanol–water partition coefficient (Wildman–Crippen LogP) is 12.2. The molecule has 0 amide bonds. The molecule has 1 aliphatic carbocycles. The third-order valence-electron chi connectivity index (χ3n) is 11.1. The van der Waals surface area contributed by atoms with Gasteiger partial charge in [0.15, 0.2) is 5.82 Å². The van der Waals surface area contributed by atoms with Crippen LogP contribution in [0.4, 0.5) is 0 Å². The first-order chi connectivity index (χ1) is 26.1. The van der Waals surface area contributed by atoms with Crippen LogP contribution in [-0.2, 0) is 5.41 Å². The molecule has 4 aromatic heterocycles. The number of benzene rings is 6. The number of pyridine rings is 1. The number of furan rings is 1. The highest BCUT2D eigenvalue weighted by Gasteiger charge is 2.40. The third kappa shape index (κ3) is 4.28. The van der Waals surface area contributed by atoms with Crippen LogP contribution in [0.15, 0.2) is 162 Å². The molecule has 0 unspecified atom stereocenters. The first kappa shape index (κ1) is 29.8. The van der Waals surface area contributed by atoms with E-state index in [4.69, 9.17) is 14.4 Å². The van der Waals surface area contributed by atoms with Crippen molar-refractivity contribution in [3.8, 4) is 50.7 Å².